The Morgan fingerprint density at radius 2 is 2.38 bits per heavy atom. The summed E-state index contributed by atoms with van der Waals surface area (Å²) in [6, 6.07) is 6.40. The third-order valence-electron chi connectivity index (χ3n) is 2.82. The van der Waals surface area contributed by atoms with Crippen molar-refractivity contribution >= 4 is 17.5 Å². The number of nitrogens with zero attached hydrogens (tertiary/aromatic N) is 1. The summed E-state index contributed by atoms with van der Waals surface area (Å²) in [4.78, 5) is 4.01. The average molecular weight is 215 g/mol. The van der Waals surface area contributed by atoms with Crippen LogP contribution >= 0.6 is 0 Å². The van der Waals surface area contributed by atoms with Gasteiger partial charge in [0.1, 0.15) is 0 Å². The molecular formula is C13H17N3. The zero-order chi connectivity index (χ0) is 11.4. The number of aryl methyl sites for hydroxylation is 1. The monoisotopic (exact) mass is 215 g/mol. The molecule has 1 heterocycles. The van der Waals surface area contributed by atoms with Crippen molar-refractivity contribution in [1.82, 2.24) is 0 Å². The van der Waals surface area contributed by atoms with Crippen LogP contribution in [0.15, 0.2) is 29.4 Å². The highest BCUT2D eigenvalue weighted by atomic mass is 14.9. The lowest BCUT2D eigenvalue weighted by Crippen LogP contribution is -2.11. The fraction of sp³-hybridized carbons (Fsp3) is 0.308. The van der Waals surface area contributed by atoms with Gasteiger partial charge in [-0.1, -0.05) is 6.07 Å². The molecule has 84 valence electrons. The fourth-order valence-corrected chi connectivity index (χ4v) is 2.01. The molecule has 16 heavy (non-hydrogen) atoms. The van der Waals surface area contributed by atoms with Crippen molar-refractivity contribution in [3.63, 3.8) is 0 Å². The Morgan fingerprint density at radius 1 is 1.50 bits per heavy atom. The third-order valence-corrected chi connectivity index (χ3v) is 2.82. The number of anilines is 1. The Labute approximate surface area is 96.1 Å². The van der Waals surface area contributed by atoms with E-state index in [1.54, 1.807) is 19.5 Å². The van der Waals surface area contributed by atoms with Gasteiger partial charge in [-0.2, -0.15) is 0 Å². The summed E-state index contributed by atoms with van der Waals surface area (Å²) in [6.07, 6.45) is 5.72. The second kappa shape index (κ2) is 4.84. The molecule has 3 heteroatoms. The maximum absolute atomic E-state index is 5.60. The highest BCUT2D eigenvalue weighted by Gasteiger charge is 2.09. The van der Waals surface area contributed by atoms with Crippen molar-refractivity contribution in [2.45, 2.75) is 12.8 Å². The lowest BCUT2D eigenvalue weighted by atomic mass is 9.98. The third kappa shape index (κ3) is 2.08. The summed E-state index contributed by atoms with van der Waals surface area (Å²) in [5.74, 6) is 0. The second-order valence-electron chi connectivity index (χ2n) is 3.91. The first-order valence-electron chi connectivity index (χ1n) is 5.56. The smallest absolute Gasteiger partial charge is 0.0373 e. The molecule has 0 fully saturated rings. The summed E-state index contributed by atoms with van der Waals surface area (Å²) >= 11 is 0. The van der Waals surface area contributed by atoms with Crippen LogP contribution in [-0.2, 0) is 6.42 Å². The van der Waals surface area contributed by atoms with E-state index in [9.17, 15) is 0 Å². The van der Waals surface area contributed by atoms with Gasteiger partial charge < -0.3 is 11.1 Å². The van der Waals surface area contributed by atoms with Crippen LogP contribution in [0, 0.1) is 0 Å². The first-order chi connectivity index (χ1) is 7.85. The van der Waals surface area contributed by atoms with Crippen molar-refractivity contribution in [3.8, 4) is 0 Å². The fourth-order valence-electron chi connectivity index (χ4n) is 2.01. The van der Waals surface area contributed by atoms with Gasteiger partial charge in [0, 0.05) is 37.3 Å². The quantitative estimate of drug-likeness (QED) is 0.742. The molecule has 3 nitrogen and oxygen atoms in total. The molecule has 1 aromatic carbocycles. The van der Waals surface area contributed by atoms with Gasteiger partial charge in [-0.25, -0.2) is 0 Å². The van der Waals surface area contributed by atoms with E-state index in [0.717, 1.165) is 24.1 Å². The molecule has 0 saturated carbocycles. The SMILES string of the molecule is CN=CC(=CN)c1ccc2c(c1)CCCN2. The second-order valence-corrected chi connectivity index (χ2v) is 3.91. The van der Waals surface area contributed by atoms with Crippen molar-refractivity contribution in [1.29, 1.82) is 0 Å². The molecular weight excluding hydrogens is 198 g/mol. The van der Waals surface area contributed by atoms with E-state index in [4.69, 9.17) is 5.73 Å². The summed E-state index contributed by atoms with van der Waals surface area (Å²) in [7, 11) is 1.75. The van der Waals surface area contributed by atoms with Crippen LogP contribution in [0.5, 0.6) is 0 Å². The standard InChI is InChI=1S/C13H17N3/c1-15-9-12(8-14)10-4-5-13-11(7-10)3-2-6-16-13/h4-5,7-9,16H,2-3,6,14H2,1H3. The number of fused-ring (bicyclic) bond motifs is 1. The number of nitrogens with one attached hydrogen (secondary N) is 1. The molecule has 0 aromatic heterocycles. The topological polar surface area (TPSA) is 50.4 Å². The van der Waals surface area contributed by atoms with E-state index in [1.165, 1.54) is 17.7 Å². The van der Waals surface area contributed by atoms with E-state index in [1.807, 2.05) is 0 Å². The van der Waals surface area contributed by atoms with Crippen LogP contribution < -0.4 is 11.1 Å². The van der Waals surface area contributed by atoms with E-state index in [-0.39, 0.29) is 0 Å². The van der Waals surface area contributed by atoms with Crippen molar-refractivity contribution in [2.75, 3.05) is 18.9 Å². The highest BCUT2D eigenvalue weighted by molar-refractivity contribution is 6.09. The molecule has 1 aromatic rings. The molecule has 1 aliphatic rings. The van der Waals surface area contributed by atoms with Crippen molar-refractivity contribution in [2.24, 2.45) is 10.7 Å². The summed E-state index contributed by atoms with van der Waals surface area (Å²) in [6.45, 7) is 1.07. The number of aliphatic imine (C=N–C) groups is 1. The zero-order valence-corrected chi connectivity index (χ0v) is 9.53. The number of hydrogen-bond acceptors (Lipinski definition) is 3. The lowest BCUT2D eigenvalue weighted by molar-refractivity contribution is 0.830. The molecule has 0 atom stereocenters. The minimum absolute atomic E-state index is 0.968. The molecule has 0 bridgehead atoms. The van der Waals surface area contributed by atoms with Crippen LogP contribution in [0.25, 0.3) is 5.57 Å². The van der Waals surface area contributed by atoms with E-state index < -0.39 is 0 Å². The predicted molar refractivity (Wildman–Crippen MR) is 69.8 cm³/mol. The Balaban J connectivity index is 2.36. The van der Waals surface area contributed by atoms with Gasteiger partial charge in [0.15, 0.2) is 0 Å². The lowest BCUT2D eigenvalue weighted by Gasteiger charge is -2.18. The number of benzene rings is 1. The first kappa shape index (κ1) is 10.7. The zero-order valence-electron chi connectivity index (χ0n) is 9.53. The Hall–Kier alpha value is -1.77. The molecule has 0 aliphatic carbocycles. The van der Waals surface area contributed by atoms with E-state index in [0.29, 0.717) is 0 Å². The van der Waals surface area contributed by atoms with Crippen molar-refractivity contribution < 1.29 is 0 Å². The van der Waals surface area contributed by atoms with Gasteiger partial charge in [0.2, 0.25) is 0 Å². The minimum atomic E-state index is 0.968. The van der Waals surface area contributed by atoms with E-state index in [2.05, 4.69) is 28.5 Å². The molecule has 0 radical (unpaired) electrons. The van der Waals surface area contributed by atoms with Gasteiger partial charge in [-0.15, -0.1) is 0 Å². The number of allylic oxidation sites excluding steroid dienone is 1. The Bertz CT molecular complexity index is 433. The summed E-state index contributed by atoms with van der Waals surface area (Å²) in [5.41, 5.74) is 10.3. The van der Waals surface area contributed by atoms with Crippen LogP contribution in [0.1, 0.15) is 17.5 Å². The minimum Gasteiger partial charge on any atom is -0.404 e. The predicted octanol–water partition coefficient (Wildman–Crippen LogP) is 2.04. The number of nitrogens with two attached hydrogens (primary N) is 1. The van der Waals surface area contributed by atoms with Gasteiger partial charge >= 0.3 is 0 Å². The number of rotatable bonds is 2. The van der Waals surface area contributed by atoms with Crippen LogP contribution in [-0.4, -0.2) is 19.8 Å². The van der Waals surface area contributed by atoms with Crippen LogP contribution in [0.4, 0.5) is 5.69 Å². The van der Waals surface area contributed by atoms with Crippen LogP contribution in [0.2, 0.25) is 0 Å². The highest BCUT2D eigenvalue weighted by Crippen LogP contribution is 2.25. The molecule has 3 N–H and O–H groups in total. The maximum atomic E-state index is 5.60. The summed E-state index contributed by atoms with van der Waals surface area (Å²) < 4.78 is 0. The first-order valence-corrected chi connectivity index (χ1v) is 5.56. The largest absolute Gasteiger partial charge is 0.404 e. The number of hydrogen-bond donors (Lipinski definition) is 2. The summed E-state index contributed by atoms with van der Waals surface area (Å²) in [5, 5.41) is 3.39. The molecule has 2 rings (SSSR count). The van der Waals surface area contributed by atoms with Gasteiger partial charge in [0.25, 0.3) is 0 Å². The molecule has 0 saturated heterocycles. The average Bonchev–Trinajstić information content (AvgIpc) is 2.35. The molecule has 0 unspecified atom stereocenters. The van der Waals surface area contributed by atoms with Gasteiger partial charge in [-0.05, 0) is 36.1 Å². The normalized spacial score (nSPS) is 15.9. The van der Waals surface area contributed by atoms with Gasteiger partial charge in [-0.3, -0.25) is 4.99 Å². The Morgan fingerprint density at radius 3 is 3.12 bits per heavy atom. The molecule has 0 amide bonds. The van der Waals surface area contributed by atoms with E-state index >= 15 is 0 Å². The van der Waals surface area contributed by atoms with Crippen LogP contribution in [0.3, 0.4) is 0 Å². The van der Waals surface area contributed by atoms with Crippen molar-refractivity contribution in [3.05, 3.63) is 35.5 Å². The Kier molecular flexibility index (Phi) is 3.25. The molecule has 1 aliphatic heterocycles. The molecule has 0 spiro atoms. The van der Waals surface area contributed by atoms with Gasteiger partial charge in [0.05, 0.1) is 0 Å². The maximum Gasteiger partial charge on any atom is 0.0373 e.